The van der Waals surface area contributed by atoms with Crippen molar-refractivity contribution in [1.29, 1.82) is 0 Å². The summed E-state index contributed by atoms with van der Waals surface area (Å²) in [6, 6.07) is 6.93. The number of rotatable bonds is 5. The highest BCUT2D eigenvalue weighted by Crippen LogP contribution is 2.22. The van der Waals surface area contributed by atoms with E-state index in [1.54, 1.807) is 11.0 Å². The number of aromatic nitrogens is 1. The number of carbonyl (C=O) groups is 2. The van der Waals surface area contributed by atoms with Crippen LogP contribution in [0.5, 0.6) is 0 Å². The van der Waals surface area contributed by atoms with Gasteiger partial charge < -0.3 is 19.4 Å². The summed E-state index contributed by atoms with van der Waals surface area (Å²) in [7, 11) is 1.27. The summed E-state index contributed by atoms with van der Waals surface area (Å²) in [4.78, 5) is 29.5. The topological polar surface area (TPSA) is 84.7 Å². The fourth-order valence-corrected chi connectivity index (χ4v) is 2.35. The van der Waals surface area contributed by atoms with Crippen LogP contribution in [0, 0.1) is 0 Å². The van der Waals surface area contributed by atoms with Crippen molar-refractivity contribution in [2.45, 2.75) is 26.4 Å². The number of oxazole rings is 1. The summed E-state index contributed by atoms with van der Waals surface area (Å²) in [5.41, 5.74) is 0.734. The van der Waals surface area contributed by atoms with Gasteiger partial charge in [-0.05, 0) is 41.9 Å². The van der Waals surface area contributed by atoms with Crippen LogP contribution < -0.4 is 5.32 Å². The molecule has 2 amide bonds. The van der Waals surface area contributed by atoms with E-state index in [4.69, 9.17) is 4.42 Å². The molecule has 8 heteroatoms. The molecule has 0 radical (unpaired) electrons. The molecule has 0 aliphatic carbocycles. The molecule has 0 spiro atoms. The maximum absolute atomic E-state index is 12.5. The number of amides is 2. The van der Waals surface area contributed by atoms with E-state index in [-0.39, 0.29) is 30.2 Å². The number of ether oxygens (including phenoxy) is 1. The van der Waals surface area contributed by atoms with Crippen LogP contribution in [0.2, 0.25) is 0 Å². The molecule has 0 saturated heterocycles. The van der Waals surface area contributed by atoms with Crippen molar-refractivity contribution in [3.8, 4) is 0 Å². The summed E-state index contributed by atoms with van der Waals surface area (Å²) < 4.78 is 10.6. The molecule has 0 fully saturated rings. The van der Waals surface area contributed by atoms with Gasteiger partial charge in [0.15, 0.2) is 5.69 Å². The Hall–Kier alpha value is -2.35. The van der Waals surface area contributed by atoms with Gasteiger partial charge in [0.25, 0.3) is 0 Å². The maximum Gasteiger partial charge on any atom is 0.360 e. The lowest BCUT2D eigenvalue weighted by molar-refractivity contribution is 0.0594. The Labute approximate surface area is 148 Å². The first-order valence-electron chi connectivity index (χ1n) is 7.27. The highest BCUT2D eigenvalue weighted by molar-refractivity contribution is 9.10. The highest BCUT2D eigenvalue weighted by Gasteiger charge is 2.21. The average molecular weight is 396 g/mol. The van der Waals surface area contributed by atoms with Crippen LogP contribution in [-0.4, -0.2) is 35.0 Å². The second kappa shape index (κ2) is 7.96. The van der Waals surface area contributed by atoms with E-state index >= 15 is 0 Å². The summed E-state index contributed by atoms with van der Waals surface area (Å²) >= 11 is 3.39. The molecule has 0 aliphatic heterocycles. The minimum absolute atomic E-state index is 0.0717. The summed E-state index contributed by atoms with van der Waals surface area (Å²) in [6.07, 6.45) is 1.21. The van der Waals surface area contributed by atoms with Crippen molar-refractivity contribution in [3.05, 3.63) is 46.6 Å². The number of methoxy groups -OCH3 is 1. The van der Waals surface area contributed by atoms with Gasteiger partial charge in [0.05, 0.1) is 19.3 Å². The summed E-state index contributed by atoms with van der Waals surface area (Å²) in [5, 5.41) is 2.83. The van der Waals surface area contributed by atoms with Gasteiger partial charge in [0.1, 0.15) is 6.26 Å². The van der Waals surface area contributed by atoms with Gasteiger partial charge in [-0.2, -0.15) is 0 Å². The van der Waals surface area contributed by atoms with Crippen molar-refractivity contribution in [2.24, 2.45) is 0 Å². The van der Waals surface area contributed by atoms with Crippen LogP contribution in [0.1, 0.15) is 30.2 Å². The largest absolute Gasteiger partial charge is 0.464 e. The highest BCUT2D eigenvalue weighted by atomic mass is 79.9. The Balaban J connectivity index is 2.11. The Bertz CT molecular complexity index is 730. The predicted molar refractivity (Wildman–Crippen MR) is 91.7 cm³/mol. The van der Waals surface area contributed by atoms with E-state index in [9.17, 15) is 9.59 Å². The zero-order valence-electron chi connectivity index (χ0n) is 13.6. The van der Waals surface area contributed by atoms with E-state index < -0.39 is 5.97 Å². The van der Waals surface area contributed by atoms with E-state index in [1.165, 1.54) is 13.4 Å². The van der Waals surface area contributed by atoms with E-state index in [1.807, 2.05) is 32.0 Å². The normalized spacial score (nSPS) is 10.5. The second-order valence-electron chi connectivity index (χ2n) is 5.25. The number of halogens is 1. The smallest absolute Gasteiger partial charge is 0.360 e. The zero-order valence-corrected chi connectivity index (χ0v) is 15.2. The number of urea groups is 1. The van der Waals surface area contributed by atoms with E-state index in [0.717, 1.165) is 4.47 Å². The summed E-state index contributed by atoms with van der Waals surface area (Å²) in [6.45, 7) is 3.89. The first kappa shape index (κ1) is 18.0. The minimum Gasteiger partial charge on any atom is -0.464 e. The standard InChI is InChI=1S/C16H18BrN3O4/c1-10(2)20(8-14-18-13(9-24-14)15(21)23-3)16(22)19-12-7-5-4-6-11(12)17/h4-7,9-10H,8H2,1-3H3,(H,19,22). The SMILES string of the molecule is COC(=O)c1coc(CN(C(=O)Nc2ccccc2Br)C(C)C)n1. The second-order valence-corrected chi connectivity index (χ2v) is 6.10. The summed E-state index contributed by atoms with van der Waals surface area (Å²) in [5.74, 6) is -0.329. The maximum atomic E-state index is 12.5. The quantitative estimate of drug-likeness (QED) is 0.780. The number of para-hydroxylation sites is 1. The van der Waals surface area contributed by atoms with Crippen LogP contribution in [0.4, 0.5) is 10.5 Å². The molecule has 24 heavy (non-hydrogen) atoms. The van der Waals surface area contributed by atoms with Crippen LogP contribution in [0.25, 0.3) is 0 Å². The van der Waals surface area contributed by atoms with Gasteiger partial charge in [0.2, 0.25) is 5.89 Å². The zero-order chi connectivity index (χ0) is 17.7. The van der Waals surface area contributed by atoms with Crippen LogP contribution >= 0.6 is 15.9 Å². The van der Waals surface area contributed by atoms with Gasteiger partial charge in [0, 0.05) is 10.5 Å². The molecule has 0 saturated carbocycles. The third-order valence-electron chi connectivity index (χ3n) is 3.25. The minimum atomic E-state index is -0.584. The molecule has 1 aromatic heterocycles. The number of anilines is 1. The average Bonchev–Trinajstić information content (AvgIpc) is 3.02. The van der Waals surface area contributed by atoms with Crippen molar-refractivity contribution in [3.63, 3.8) is 0 Å². The van der Waals surface area contributed by atoms with Crippen LogP contribution in [0.3, 0.4) is 0 Å². The molecule has 0 atom stereocenters. The van der Waals surface area contributed by atoms with Crippen molar-refractivity contribution in [2.75, 3.05) is 12.4 Å². The fraction of sp³-hybridized carbons (Fsp3) is 0.312. The van der Waals surface area contributed by atoms with Crippen molar-refractivity contribution >= 4 is 33.6 Å². The first-order chi connectivity index (χ1) is 11.4. The fourth-order valence-electron chi connectivity index (χ4n) is 1.97. The lowest BCUT2D eigenvalue weighted by atomic mass is 10.3. The van der Waals surface area contributed by atoms with Crippen molar-refractivity contribution < 1.29 is 18.7 Å². The monoisotopic (exact) mass is 395 g/mol. The molecule has 1 heterocycles. The van der Waals surface area contributed by atoms with Gasteiger partial charge in [-0.25, -0.2) is 14.6 Å². The number of benzene rings is 1. The molecule has 1 N–H and O–H groups in total. The Morgan fingerprint density at radius 3 is 2.71 bits per heavy atom. The lowest BCUT2D eigenvalue weighted by Gasteiger charge is -2.25. The third-order valence-corrected chi connectivity index (χ3v) is 3.94. The Kier molecular flexibility index (Phi) is 5.97. The number of hydrogen-bond donors (Lipinski definition) is 1. The molecular formula is C16H18BrN3O4. The van der Waals surface area contributed by atoms with Crippen LogP contribution in [0.15, 0.2) is 39.4 Å². The molecule has 2 aromatic rings. The molecule has 0 bridgehead atoms. The number of nitrogens with zero attached hydrogens (tertiary/aromatic N) is 2. The van der Waals surface area contributed by atoms with Gasteiger partial charge in [-0.3, -0.25) is 0 Å². The molecule has 1 aromatic carbocycles. The first-order valence-corrected chi connectivity index (χ1v) is 8.06. The van der Waals surface area contributed by atoms with Gasteiger partial charge in [-0.1, -0.05) is 12.1 Å². The molecule has 0 aliphatic rings. The Morgan fingerprint density at radius 1 is 1.38 bits per heavy atom. The molecule has 7 nitrogen and oxygen atoms in total. The van der Waals surface area contributed by atoms with Crippen molar-refractivity contribution in [1.82, 2.24) is 9.88 Å². The molecule has 2 rings (SSSR count). The van der Waals surface area contributed by atoms with Crippen LogP contribution in [-0.2, 0) is 11.3 Å². The molecule has 0 unspecified atom stereocenters. The predicted octanol–water partition coefficient (Wildman–Crippen LogP) is 3.67. The number of esters is 1. The van der Waals surface area contributed by atoms with E-state index in [0.29, 0.717) is 5.69 Å². The van der Waals surface area contributed by atoms with Gasteiger partial charge in [-0.15, -0.1) is 0 Å². The number of nitrogens with one attached hydrogen (secondary N) is 1. The number of carbonyl (C=O) groups excluding carboxylic acids is 2. The van der Waals surface area contributed by atoms with E-state index in [2.05, 4.69) is 31.0 Å². The molecule has 128 valence electrons. The Morgan fingerprint density at radius 2 is 2.08 bits per heavy atom. The lowest BCUT2D eigenvalue weighted by Crippen LogP contribution is -2.39. The molecular weight excluding hydrogens is 378 g/mol. The third kappa shape index (κ3) is 4.35. The number of hydrogen-bond acceptors (Lipinski definition) is 5. The van der Waals surface area contributed by atoms with Gasteiger partial charge >= 0.3 is 12.0 Å².